The molecule has 0 bridgehead atoms. The Morgan fingerprint density at radius 3 is 1.14 bits per heavy atom. The van der Waals surface area contributed by atoms with Crippen LogP contribution in [0.4, 0.5) is 0 Å². The van der Waals surface area contributed by atoms with Gasteiger partial charge in [-0.3, -0.25) is 0 Å². The van der Waals surface area contributed by atoms with E-state index in [0.29, 0.717) is 5.24 Å². The Bertz CT molecular complexity index is 1910. The van der Waals surface area contributed by atoms with E-state index in [0.717, 1.165) is 8.63 Å². The van der Waals surface area contributed by atoms with Gasteiger partial charge in [0.2, 0.25) is 0 Å². The first-order valence-corrected chi connectivity index (χ1v) is 26.2. The summed E-state index contributed by atoms with van der Waals surface area (Å²) in [5.74, 6) is 0. The molecule has 0 aromatic rings. The molecule has 0 amide bonds. The molecule has 0 aliphatic carbocycles. The summed E-state index contributed by atoms with van der Waals surface area (Å²) in [5.41, 5.74) is 0.153. The summed E-state index contributed by atoms with van der Waals surface area (Å²) >= 11 is 7.23. The molecule has 29 heavy (non-hydrogen) atoms. The van der Waals surface area contributed by atoms with Gasteiger partial charge < -0.3 is 0 Å². The SMILES string of the molecule is CCCC(C(=O)Cl)([C]12[CH]3[CH]4[CH]5[CH]1[Fe]45321678[CH]2[CH]1[CH]6[CH]7[CH]28)[C]12[CH]3[CH]4[CH]5[CH]1[Fe]45321678[CH]2[CH]1[CH]6[CH]7[CH]28. The molecule has 2 spiro atoms. The molecule has 20 aliphatic heterocycles. The van der Waals surface area contributed by atoms with Crippen molar-refractivity contribution in [2.75, 3.05) is 0 Å². The molecule has 8 unspecified atom stereocenters. The topological polar surface area (TPSA) is 17.1 Å². The number of carbonyl (C=O) groups excluding carboxylic acids is 1. The van der Waals surface area contributed by atoms with Crippen LogP contribution in [0.25, 0.3) is 0 Å². The monoisotopic (exact) mass is 488 g/mol. The van der Waals surface area contributed by atoms with Crippen LogP contribution in [0, 0.1) is 5.41 Å². The first kappa shape index (κ1) is 10.5. The van der Waals surface area contributed by atoms with Gasteiger partial charge in [0, 0.05) is 0 Å². The molecule has 154 valence electrons. The van der Waals surface area contributed by atoms with Gasteiger partial charge in [0.25, 0.3) is 0 Å². The van der Waals surface area contributed by atoms with E-state index in [2.05, 4.69) is 6.92 Å². The molecular formula is C25H25ClFe2O. The normalized spacial score (nSPS) is 140. The van der Waals surface area contributed by atoms with Crippen molar-refractivity contribution >= 4 is 16.8 Å². The minimum atomic E-state index is -3.39. The predicted octanol–water partition coefficient (Wildman–Crippen LogP) is 8.06. The number of carbonyl (C=O) groups is 1. The van der Waals surface area contributed by atoms with Crippen LogP contribution >= 0.6 is 11.6 Å². The fourth-order valence-corrected chi connectivity index (χ4v) is 188. The van der Waals surface area contributed by atoms with E-state index in [1.807, 2.05) is 0 Å². The molecule has 1 nitrogen and oxygen atoms in total. The Morgan fingerprint density at radius 1 is 0.690 bits per heavy atom. The van der Waals surface area contributed by atoms with E-state index in [1.54, 1.807) is 0 Å². The molecule has 0 radical (unpaired) electrons. The van der Waals surface area contributed by atoms with E-state index in [9.17, 15) is 4.79 Å². The van der Waals surface area contributed by atoms with E-state index in [1.165, 1.54) is 99.5 Å². The number of halogens is 1. The number of hydrogen-bond donors (Lipinski definition) is 0. The molecule has 0 aromatic carbocycles. The van der Waals surface area contributed by atoms with E-state index in [-0.39, 0.29) is 5.41 Å². The predicted molar refractivity (Wildman–Crippen MR) is 101 cm³/mol. The summed E-state index contributed by atoms with van der Waals surface area (Å²) in [5, 5.41) is 0.375. The second-order valence-electron chi connectivity index (χ2n) is 21.3. The van der Waals surface area contributed by atoms with Gasteiger partial charge in [-0.2, -0.15) is 0 Å². The minimum absolute atomic E-state index is 0.153. The van der Waals surface area contributed by atoms with Crippen molar-refractivity contribution in [2.45, 2.75) is 115 Å². The molecule has 0 aromatic heterocycles. The van der Waals surface area contributed by atoms with Crippen LogP contribution in [0.1, 0.15) is 19.8 Å². The molecule has 8 atom stereocenters. The molecule has 20 saturated heterocycles. The van der Waals surface area contributed by atoms with Crippen molar-refractivity contribution in [3.05, 3.63) is 0 Å². The zero-order chi connectivity index (χ0) is 17.5. The second kappa shape index (κ2) is 0.805. The van der Waals surface area contributed by atoms with Crippen molar-refractivity contribution < 1.29 is 17.8 Å². The maximum atomic E-state index is 14.4. The van der Waals surface area contributed by atoms with Gasteiger partial charge in [-0.05, 0) is 0 Å². The molecule has 4 heteroatoms. The van der Waals surface area contributed by atoms with Crippen molar-refractivity contribution in [2.24, 2.45) is 5.41 Å². The Balaban J connectivity index is 1.16. The first-order chi connectivity index (χ1) is 13.6. The van der Waals surface area contributed by atoms with E-state index >= 15 is 0 Å². The third-order valence-electron chi connectivity index (χ3n) is 31.6. The van der Waals surface area contributed by atoms with Gasteiger partial charge in [0.05, 0.1) is 0 Å². The van der Waals surface area contributed by atoms with Gasteiger partial charge in [0.1, 0.15) is 0 Å². The quantitative estimate of drug-likeness (QED) is 0.283. The maximum absolute atomic E-state index is 14.4. The van der Waals surface area contributed by atoms with Gasteiger partial charge in [-0.1, -0.05) is 0 Å². The molecule has 0 saturated carbocycles. The van der Waals surface area contributed by atoms with Crippen LogP contribution in [0.3, 0.4) is 0 Å². The molecule has 20 fully saturated rings. The zero-order valence-electron chi connectivity index (χ0n) is 16.3. The Labute approximate surface area is 154 Å². The third kappa shape index (κ3) is 0.102. The fourth-order valence-electron chi connectivity index (χ4n) is 36.2. The van der Waals surface area contributed by atoms with Crippen molar-refractivity contribution in [3.8, 4) is 0 Å². The first-order valence-electron chi connectivity index (χ1n) is 13.2. The van der Waals surface area contributed by atoms with Crippen LogP contribution in [0.2, 0.25) is 95.3 Å². The number of fused-ring (bicyclic) bond motifs is 20. The van der Waals surface area contributed by atoms with Crippen LogP contribution in [0.5, 0.6) is 0 Å². The summed E-state index contributed by atoms with van der Waals surface area (Å²) in [4.78, 5) is 38.6. The summed E-state index contributed by atoms with van der Waals surface area (Å²) in [6, 6.07) is 0. The van der Waals surface area contributed by atoms with Crippen LogP contribution in [-0.2, 0) is 17.8 Å². The van der Waals surface area contributed by atoms with Gasteiger partial charge >= 0.3 is 155 Å². The number of hydrogen-bond acceptors (Lipinski definition) is 1. The molecule has 0 N–H and O–H groups in total. The molecular weight excluding hydrogens is 463 g/mol. The van der Waals surface area contributed by atoms with E-state index < -0.39 is 13.0 Å². The van der Waals surface area contributed by atoms with Crippen molar-refractivity contribution in [3.63, 3.8) is 0 Å². The van der Waals surface area contributed by atoms with Gasteiger partial charge in [0.15, 0.2) is 0 Å². The summed E-state index contributed by atoms with van der Waals surface area (Å²) in [7, 11) is 0. The van der Waals surface area contributed by atoms with Crippen LogP contribution < -0.4 is 0 Å². The third-order valence-corrected chi connectivity index (χ3v) is 117. The van der Waals surface area contributed by atoms with E-state index in [4.69, 9.17) is 11.6 Å². The second-order valence-corrected chi connectivity index (χ2v) is 68.7. The summed E-state index contributed by atoms with van der Waals surface area (Å²) < 4.78 is 1.50. The fraction of sp³-hybridized carbons (Fsp3) is 0.960. The Kier molecular flexibility index (Phi) is 0.292. The standard InChI is InChI=1S/C15H15ClO.2C5H5.2Fe/c1-2-11-15(14(16)17,12-7-3-4-8-12)13-9-5-6-10-13;2*1-2-4-5-3-1;;/h3-10H,2,11H2,1H3;2*1-5H;;. The summed E-state index contributed by atoms with van der Waals surface area (Å²) in [6.45, 7) is -4.31. The van der Waals surface area contributed by atoms with Gasteiger partial charge in [-0.15, -0.1) is 0 Å². The van der Waals surface area contributed by atoms with Crippen molar-refractivity contribution in [1.82, 2.24) is 0 Å². The number of rotatable bonds is 5. The molecule has 20 aliphatic rings. The Hall–Kier alpha value is 0.999. The molecule has 20 heterocycles. The average molecular weight is 489 g/mol. The zero-order valence-corrected chi connectivity index (χ0v) is 19.3. The van der Waals surface area contributed by atoms with Crippen LogP contribution in [-0.4, -0.2) is 5.24 Å². The van der Waals surface area contributed by atoms with Crippen LogP contribution in [0.15, 0.2) is 0 Å². The average Bonchev–Trinajstić information content (AvgIpc) is 3.60. The molecule has 20 rings (SSSR count). The van der Waals surface area contributed by atoms with Crippen molar-refractivity contribution in [1.29, 1.82) is 0 Å². The summed E-state index contributed by atoms with van der Waals surface area (Å²) in [6.07, 6.45) is 2.61. The Morgan fingerprint density at radius 2 is 1.00 bits per heavy atom. The van der Waals surface area contributed by atoms with Gasteiger partial charge in [-0.25, -0.2) is 0 Å².